The summed E-state index contributed by atoms with van der Waals surface area (Å²) in [6.07, 6.45) is 0. The van der Waals surface area contributed by atoms with E-state index in [0.717, 1.165) is 25.2 Å². The van der Waals surface area contributed by atoms with Gasteiger partial charge in [0.2, 0.25) is 0 Å². The summed E-state index contributed by atoms with van der Waals surface area (Å²) in [5.74, 6) is -0.810. The van der Waals surface area contributed by atoms with Gasteiger partial charge < -0.3 is 10.2 Å². The number of nitrogens with one attached hydrogen (secondary N) is 1. The third kappa shape index (κ3) is 4.11. The highest BCUT2D eigenvalue weighted by atomic mass is 19.1. The maximum Gasteiger partial charge on any atom is 0.254 e. The Bertz CT molecular complexity index is 403. The Balaban J connectivity index is 2.50. The Hall–Kier alpha value is -1.42. The van der Waals surface area contributed by atoms with E-state index in [1.54, 1.807) is 13.0 Å². The molecule has 0 spiro atoms. The first kappa shape index (κ1) is 14.6. The summed E-state index contributed by atoms with van der Waals surface area (Å²) >= 11 is 0. The van der Waals surface area contributed by atoms with Crippen LogP contribution in [0.1, 0.15) is 29.8 Å². The molecule has 0 saturated heterocycles. The average molecular weight is 252 g/mol. The molecule has 0 saturated carbocycles. The highest BCUT2D eigenvalue weighted by Gasteiger charge is 2.11. The molecule has 0 atom stereocenters. The van der Waals surface area contributed by atoms with Crippen LogP contribution in [0, 0.1) is 12.7 Å². The lowest BCUT2D eigenvalue weighted by Gasteiger charge is -2.18. The van der Waals surface area contributed by atoms with Crippen LogP contribution in [-0.2, 0) is 0 Å². The number of nitrogens with zero attached hydrogens (tertiary/aromatic N) is 1. The van der Waals surface area contributed by atoms with Crippen LogP contribution < -0.4 is 5.32 Å². The van der Waals surface area contributed by atoms with Gasteiger partial charge in [0.05, 0.1) is 5.56 Å². The summed E-state index contributed by atoms with van der Waals surface area (Å²) in [4.78, 5) is 14.0. The van der Waals surface area contributed by atoms with Gasteiger partial charge in [0, 0.05) is 13.1 Å². The number of halogens is 1. The van der Waals surface area contributed by atoms with Crippen molar-refractivity contribution in [2.45, 2.75) is 20.8 Å². The molecule has 1 N–H and O–H groups in total. The first-order valence-electron chi connectivity index (χ1n) is 6.35. The van der Waals surface area contributed by atoms with Crippen LogP contribution in [0.15, 0.2) is 18.2 Å². The minimum absolute atomic E-state index is 0.111. The maximum atomic E-state index is 13.5. The molecule has 4 heteroatoms. The predicted molar refractivity (Wildman–Crippen MR) is 71.3 cm³/mol. The van der Waals surface area contributed by atoms with Crippen LogP contribution in [0.2, 0.25) is 0 Å². The molecule has 0 radical (unpaired) electrons. The Morgan fingerprint density at radius 2 is 2.00 bits per heavy atom. The number of carbonyl (C=O) groups excluding carboxylic acids is 1. The summed E-state index contributed by atoms with van der Waals surface area (Å²) in [6.45, 7) is 9.16. The van der Waals surface area contributed by atoms with Gasteiger partial charge >= 0.3 is 0 Å². The molecule has 100 valence electrons. The second-order valence-electron chi connectivity index (χ2n) is 4.27. The zero-order chi connectivity index (χ0) is 13.5. The van der Waals surface area contributed by atoms with Gasteiger partial charge in [-0.25, -0.2) is 4.39 Å². The first-order chi connectivity index (χ1) is 8.58. The van der Waals surface area contributed by atoms with E-state index in [1.807, 2.05) is 0 Å². The van der Waals surface area contributed by atoms with E-state index >= 15 is 0 Å². The van der Waals surface area contributed by atoms with Crippen molar-refractivity contribution >= 4 is 5.91 Å². The predicted octanol–water partition coefficient (Wildman–Crippen LogP) is 2.21. The molecule has 3 nitrogen and oxygen atoms in total. The number of aryl methyl sites for hydroxylation is 1. The molecule has 0 aliphatic carbocycles. The van der Waals surface area contributed by atoms with E-state index in [4.69, 9.17) is 0 Å². The summed E-state index contributed by atoms with van der Waals surface area (Å²) in [6, 6.07) is 4.64. The summed E-state index contributed by atoms with van der Waals surface area (Å²) < 4.78 is 13.5. The van der Waals surface area contributed by atoms with E-state index in [2.05, 4.69) is 24.1 Å². The minimum Gasteiger partial charge on any atom is -0.351 e. The van der Waals surface area contributed by atoms with Crippen molar-refractivity contribution < 1.29 is 9.18 Å². The highest BCUT2D eigenvalue weighted by Crippen LogP contribution is 2.09. The second-order valence-corrected chi connectivity index (χ2v) is 4.27. The van der Waals surface area contributed by atoms with E-state index in [9.17, 15) is 9.18 Å². The summed E-state index contributed by atoms with van der Waals surface area (Å²) in [7, 11) is 0. The summed E-state index contributed by atoms with van der Waals surface area (Å²) in [5.41, 5.74) is 0.923. The van der Waals surface area contributed by atoms with Crippen molar-refractivity contribution in [2.75, 3.05) is 26.2 Å². The van der Waals surface area contributed by atoms with Gasteiger partial charge in [-0.15, -0.1) is 0 Å². The quantitative estimate of drug-likeness (QED) is 0.842. The molecule has 1 rings (SSSR count). The van der Waals surface area contributed by atoms with Crippen LogP contribution in [0.25, 0.3) is 0 Å². The molecular formula is C14H21FN2O. The van der Waals surface area contributed by atoms with Gasteiger partial charge in [-0.1, -0.05) is 19.9 Å². The topological polar surface area (TPSA) is 32.3 Å². The molecule has 1 aromatic carbocycles. The number of amides is 1. The van der Waals surface area contributed by atoms with Crippen LogP contribution in [0.3, 0.4) is 0 Å². The van der Waals surface area contributed by atoms with Crippen LogP contribution in [0.5, 0.6) is 0 Å². The Morgan fingerprint density at radius 3 is 2.56 bits per heavy atom. The van der Waals surface area contributed by atoms with Crippen molar-refractivity contribution in [1.82, 2.24) is 10.2 Å². The standard InChI is InChI=1S/C14H21FN2O/c1-4-17(5-2)9-8-16-14(18)12-7-6-11(3)10-13(12)15/h6-7,10H,4-5,8-9H2,1-3H3,(H,16,18). The van der Waals surface area contributed by atoms with Crippen LogP contribution >= 0.6 is 0 Å². The SMILES string of the molecule is CCN(CC)CCNC(=O)c1ccc(C)cc1F. The fourth-order valence-corrected chi connectivity index (χ4v) is 1.77. The van der Waals surface area contributed by atoms with Crippen LogP contribution in [0.4, 0.5) is 4.39 Å². The van der Waals surface area contributed by atoms with Crippen LogP contribution in [-0.4, -0.2) is 37.0 Å². The second kappa shape index (κ2) is 7.11. The van der Waals surface area contributed by atoms with Gasteiger partial charge in [0.15, 0.2) is 0 Å². The van der Waals surface area contributed by atoms with Crippen molar-refractivity contribution in [3.05, 3.63) is 35.1 Å². The average Bonchev–Trinajstić information content (AvgIpc) is 2.34. The van der Waals surface area contributed by atoms with Crippen molar-refractivity contribution in [2.24, 2.45) is 0 Å². The molecule has 0 unspecified atom stereocenters. The Kier molecular flexibility index (Phi) is 5.78. The van der Waals surface area contributed by atoms with E-state index < -0.39 is 5.82 Å². The molecule has 0 fully saturated rings. The molecule has 1 aromatic rings. The molecule has 0 aliphatic heterocycles. The number of carbonyl (C=O) groups is 1. The molecule has 0 heterocycles. The number of benzene rings is 1. The third-order valence-corrected chi connectivity index (χ3v) is 2.98. The molecule has 0 bridgehead atoms. The first-order valence-corrected chi connectivity index (χ1v) is 6.35. The fraction of sp³-hybridized carbons (Fsp3) is 0.500. The van der Waals surface area contributed by atoms with Crippen molar-refractivity contribution in [3.63, 3.8) is 0 Å². The van der Waals surface area contributed by atoms with E-state index in [0.29, 0.717) is 6.54 Å². The minimum atomic E-state index is -0.463. The Labute approximate surface area is 108 Å². The Morgan fingerprint density at radius 1 is 1.33 bits per heavy atom. The zero-order valence-electron chi connectivity index (χ0n) is 11.3. The molecule has 0 aliphatic rings. The monoisotopic (exact) mass is 252 g/mol. The molecule has 18 heavy (non-hydrogen) atoms. The van der Waals surface area contributed by atoms with Crippen molar-refractivity contribution in [1.29, 1.82) is 0 Å². The maximum absolute atomic E-state index is 13.5. The lowest BCUT2D eigenvalue weighted by atomic mass is 10.1. The molecule has 0 aromatic heterocycles. The smallest absolute Gasteiger partial charge is 0.254 e. The molecule has 1 amide bonds. The largest absolute Gasteiger partial charge is 0.351 e. The number of rotatable bonds is 6. The van der Waals surface area contributed by atoms with Gasteiger partial charge in [0.25, 0.3) is 5.91 Å². The fourth-order valence-electron chi connectivity index (χ4n) is 1.77. The lowest BCUT2D eigenvalue weighted by molar-refractivity contribution is 0.0945. The van der Waals surface area contributed by atoms with Gasteiger partial charge in [-0.2, -0.15) is 0 Å². The van der Waals surface area contributed by atoms with Gasteiger partial charge in [-0.05, 0) is 37.7 Å². The van der Waals surface area contributed by atoms with Gasteiger partial charge in [-0.3, -0.25) is 4.79 Å². The lowest BCUT2D eigenvalue weighted by Crippen LogP contribution is -2.35. The van der Waals surface area contributed by atoms with Gasteiger partial charge in [0.1, 0.15) is 5.82 Å². The highest BCUT2D eigenvalue weighted by molar-refractivity contribution is 5.94. The van der Waals surface area contributed by atoms with Crippen molar-refractivity contribution in [3.8, 4) is 0 Å². The molecular weight excluding hydrogens is 231 g/mol. The normalized spacial score (nSPS) is 10.7. The van der Waals surface area contributed by atoms with E-state index in [-0.39, 0.29) is 11.5 Å². The summed E-state index contributed by atoms with van der Waals surface area (Å²) in [5, 5.41) is 2.74. The number of likely N-dealkylation sites (N-methyl/N-ethyl adjacent to an activating group) is 1. The zero-order valence-corrected chi connectivity index (χ0v) is 11.3. The van der Waals surface area contributed by atoms with E-state index in [1.165, 1.54) is 12.1 Å². The third-order valence-electron chi connectivity index (χ3n) is 2.98. The number of hydrogen-bond donors (Lipinski definition) is 1. The number of hydrogen-bond acceptors (Lipinski definition) is 2.